The molecule has 1 N–H and O–H groups in total. The zero-order valence-corrected chi connectivity index (χ0v) is 9.05. The van der Waals surface area contributed by atoms with Gasteiger partial charge in [-0.05, 0) is 5.92 Å². The van der Waals surface area contributed by atoms with Crippen molar-refractivity contribution in [2.24, 2.45) is 5.92 Å². The highest BCUT2D eigenvalue weighted by Gasteiger charge is 2.18. The van der Waals surface area contributed by atoms with Crippen LogP contribution in [0.25, 0.3) is 0 Å². The van der Waals surface area contributed by atoms with Crippen LogP contribution in [0.5, 0.6) is 0 Å². The predicted octanol–water partition coefficient (Wildman–Crippen LogP) is 0.563. The molecule has 1 rings (SSSR count). The number of rotatable bonds is 4. The standard InChI is InChI=1S/C10H22N2O/c1-9(2)10(13-3)8-12-6-4-11-5-7-12/h9-11H,4-8H2,1-3H3. The second-order valence-electron chi connectivity index (χ2n) is 4.07. The molecule has 0 saturated carbocycles. The number of methoxy groups -OCH3 is 1. The van der Waals surface area contributed by atoms with Crippen molar-refractivity contribution in [3.63, 3.8) is 0 Å². The zero-order chi connectivity index (χ0) is 9.68. The number of hydrogen-bond acceptors (Lipinski definition) is 3. The van der Waals surface area contributed by atoms with E-state index in [0.717, 1.165) is 32.7 Å². The van der Waals surface area contributed by atoms with Gasteiger partial charge in [-0.3, -0.25) is 4.90 Å². The second-order valence-corrected chi connectivity index (χ2v) is 4.07. The molecular formula is C10H22N2O. The van der Waals surface area contributed by atoms with Crippen LogP contribution >= 0.6 is 0 Å². The fourth-order valence-corrected chi connectivity index (χ4v) is 1.71. The number of ether oxygens (including phenoxy) is 1. The average Bonchev–Trinajstić information content (AvgIpc) is 2.15. The van der Waals surface area contributed by atoms with E-state index in [1.807, 2.05) is 7.11 Å². The lowest BCUT2D eigenvalue weighted by atomic mass is 10.1. The van der Waals surface area contributed by atoms with Gasteiger partial charge in [-0.1, -0.05) is 13.8 Å². The lowest BCUT2D eigenvalue weighted by molar-refractivity contribution is 0.0294. The minimum absolute atomic E-state index is 0.387. The van der Waals surface area contributed by atoms with E-state index in [1.165, 1.54) is 0 Å². The van der Waals surface area contributed by atoms with Gasteiger partial charge in [0, 0.05) is 39.8 Å². The van der Waals surface area contributed by atoms with Gasteiger partial charge >= 0.3 is 0 Å². The van der Waals surface area contributed by atoms with Crippen molar-refractivity contribution in [3.05, 3.63) is 0 Å². The molecule has 78 valence electrons. The Labute approximate surface area is 81.4 Å². The van der Waals surface area contributed by atoms with E-state index in [0.29, 0.717) is 12.0 Å². The molecule has 0 amide bonds. The summed E-state index contributed by atoms with van der Waals surface area (Å²) < 4.78 is 5.45. The Balaban J connectivity index is 2.27. The van der Waals surface area contributed by atoms with Crippen molar-refractivity contribution in [3.8, 4) is 0 Å². The van der Waals surface area contributed by atoms with E-state index in [9.17, 15) is 0 Å². The minimum Gasteiger partial charge on any atom is -0.380 e. The van der Waals surface area contributed by atoms with Crippen molar-refractivity contribution in [1.82, 2.24) is 10.2 Å². The highest BCUT2D eigenvalue weighted by atomic mass is 16.5. The first kappa shape index (κ1) is 11.0. The molecule has 0 radical (unpaired) electrons. The number of piperazine rings is 1. The first-order valence-corrected chi connectivity index (χ1v) is 5.20. The summed E-state index contributed by atoms with van der Waals surface area (Å²) in [5.41, 5.74) is 0. The summed E-state index contributed by atoms with van der Waals surface area (Å²) in [4.78, 5) is 2.48. The van der Waals surface area contributed by atoms with Crippen LogP contribution < -0.4 is 5.32 Å². The fourth-order valence-electron chi connectivity index (χ4n) is 1.71. The maximum absolute atomic E-state index is 5.45. The third-order valence-electron chi connectivity index (χ3n) is 2.69. The monoisotopic (exact) mass is 186 g/mol. The van der Waals surface area contributed by atoms with Crippen LogP contribution in [0.1, 0.15) is 13.8 Å². The summed E-state index contributed by atoms with van der Waals surface area (Å²) in [6.07, 6.45) is 0.387. The molecule has 1 unspecified atom stereocenters. The highest BCUT2D eigenvalue weighted by Crippen LogP contribution is 2.08. The maximum atomic E-state index is 5.45. The van der Waals surface area contributed by atoms with Gasteiger partial charge in [-0.15, -0.1) is 0 Å². The van der Waals surface area contributed by atoms with Crippen molar-refractivity contribution < 1.29 is 4.74 Å². The zero-order valence-electron chi connectivity index (χ0n) is 9.05. The average molecular weight is 186 g/mol. The van der Waals surface area contributed by atoms with Crippen LogP contribution in [0.4, 0.5) is 0 Å². The van der Waals surface area contributed by atoms with Crippen LogP contribution in [0.15, 0.2) is 0 Å². The molecule has 3 nitrogen and oxygen atoms in total. The molecule has 1 saturated heterocycles. The van der Waals surface area contributed by atoms with Crippen LogP contribution in [-0.4, -0.2) is 50.8 Å². The summed E-state index contributed by atoms with van der Waals surface area (Å²) in [6.45, 7) is 10.1. The Hall–Kier alpha value is -0.120. The van der Waals surface area contributed by atoms with E-state index in [1.54, 1.807) is 0 Å². The molecule has 0 spiro atoms. The van der Waals surface area contributed by atoms with Crippen molar-refractivity contribution in [1.29, 1.82) is 0 Å². The smallest absolute Gasteiger partial charge is 0.0721 e. The van der Waals surface area contributed by atoms with Crippen LogP contribution in [0, 0.1) is 5.92 Å². The molecule has 13 heavy (non-hydrogen) atoms. The van der Waals surface area contributed by atoms with E-state index in [4.69, 9.17) is 4.74 Å². The number of nitrogens with zero attached hydrogens (tertiary/aromatic N) is 1. The normalized spacial score (nSPS) is 22.2. The molecular weight excluding hydrogens is 164 g/mol. The first-order chi connectivity index (χ1) is 6.24. The quantitative estimate of drug-likeness (QED) is 0.694. The summed E-state index contributed by atoms with van der Waals surface area (Å²) in [6, 6.07) is 0. The Morgan fingerprint density at radius 3 is 2.38 bits per heavy atom. The van der Waals surface area contributed by atoms with Crippen LogP contribution in [0.3, 0.4) is 0 Å². The van der Waals surface area contributed by atoms with Crippen LogP contribution in [0.2, 0.25) is 0 Å². The number of hydrogen-bond donors (Lipinski definition) is 1. The van der Waals surface area contributed by atoms with E-state index >= 15 is 0 Å². The minimum atomic E-state index is 0.387. The molecule has 3 heteroatoms. The summed E-state index contributed by atoms with van der Waals surface area (Å²) in [7, 11) is 1.81. The third kappa shape index (κ3) is 3.63. The third-order valence-corrected chi connectivity index (χ3v) is 2.69. The van der Waals surface area contributed by atoms with Gasteiger partial charge in [0.25, 0.3) is 0 Å². The molecule has 0 aliphatic carbocycles. The van der Waals surface area contributed by atoms with Gasteiger partial charge in [-0.2, -0.15) is 0 Å². The summed E-state index contributed by atoms with van der Waals surface area (Å²) in [5.74, 6) is 0.611. The molecule has 1 heterocycles. The predicted molar refractivity (Wildman–Crippen MR) is 54.9 cm³/mol. The van der Waals surface area contributed by atoms with Crippen molar-refractivity contribution in [2.45, 2.75) is 20.0 Å². The van der Waals surface area contributed by atoms with Crippen LogP contribution in [-0.2, 0) is 4.74 Å². The summed E-state index contributed by atoms with van der Waals surface area (Å²) >= 11 is 0. The summed E-state index contributed by atoms with van der Waals surface area (Å²) in [5, 5.41) is 3.35. The molecule has 1 atom stereocenters. The first-order valence-electron chi connectivity index (χ1n) is 5.20. The Kier molecular flexibility index (Phi) is 4.70. The van der Waals surface area contributed by atoms with Crippen molar-refractivity contribution >= 4 is 0 Å². The molecule has 0 aromatic heterocycles. The van der Waals surface area contributed by atoms with Gasteiger partial charge in [0.2, 0.25) is 0 Å². The maximum Gasteiger partial charge on any atom is 0.0721 e. The largest absolute Gasteiger partial charge is 0.380 e. The number of nitrogens with one attached hydrogen (secondary N) is 1. The molecule has 1 aliphatic heterocycles. The fraction of sp³-hybridized carbons (Fsp3) is 1.00. The Morgan fingerprint density at radius 2 is 1.92 bits per heavy atom. The molecule has 1 fully saturated rings. The Bertz CT molecular complexity index is 133. The van der Waals surface area contributed by atoms with Gasteiger partial charge in [-0.25, -0.2) is 0 Å². The lowest BCUT2D eigenvalue weighted by Crippen LogP contribution is -2.47. The Morgan fingerprint density at radius 1 is 1.31 bits per heavy atom. The molecule has 1 aliphatic rings. The van der Waals surface area contributed by atoms with Gasteiger partial charge in [0.1, 0.15) is 0 Å². The SMILES string of the molecule is COC(CN1CCNCC1)C(C)C. The van der Waals surface area contributed by atoms with E-state index in [-0.39, 0.29) is 0 Å². The molecule has 0 aromatic rings. The molecule has 0 aromatic carbocycles. The molecule has 0 bridgehead atoms. The van der Waals surface area contributed by atoms with E-state index < -0.39 is 0 Å². The van der Waals surface area contributed by atoms with Gasteiger partial charge < -0.3 is 10.1 Å². The van der Waals surface area contributed by atoms with Gasteiger partial charge in [0.05, 0.1) is 6.10 Å². The highest BCUT2D eigenvalue weighted by molar-refractivity contribution is 4.73. The lowest BCUT2D eigenvalue weighted by Gasteiger charge is -2.31. The second kappa shape index (κ2) is 5.58. The topological polar surface area (TPSA) is 24.5 Å². The van der Waals surface area contributed by atoms with Crippen molar-refractivity contribution in [2.75, 3.05) is 39.8 Å². The van der Waals surface area contributed by atoms with Gasteiger partial charge in [0.15, 0.2) is 0 Å². The van der Waals surface area contributed by atoms with E-state index in [2.05, 4.69) is 24.1 Å².